The van der Waals surface area contributed by atoms with Gasteiger partial charge >= 0.3 is 0 Å². The summed E-state index contributed by atoms with van der Waals surface area (Å²) in [5.74, 6) is -0.542. The Bertz CT molecular complexity index is 1030. The van der Waals surface area contributed by atoms with Crippen LogP contribution >= 0.6 is 0 Å². The normalized spacial score (nSPS) is 15.8. The molecule has 31 heavy (non-hydrogen) atoms. The molecule has 1 fully saturated rings. The molecule has 1 atom stereocenters. The summed E-state index contributed by atoms with van der Waals surface area (Å²) in [7, 11) is -3.58. The molecule has 3 rings (SSSR count). The van der Waals surface area contributed by atoms with Gasteiger partial charge in [-0.2, -0.15) is 4.31 Å². The Kier molecular flexibility index (Phi) is 7.46. The maximum atomic E-state index is 12.9. The first-order chi connectivity index (χ1) is 14.8. The van der Waals surface area contributed by atoms with Crippen molar-refractivity contribution in [3.63, 3.8) is 0 Å². The van der Waals surface area contributed by atoms with Gasteiger partial charge in [-0.25, -0.2) is 8.42 Å². The zero-order valence-electron chi connectivity index (χ0n) is 17.9. The molecule has 2 aromatic carbocycles. The predicted octanol–water partition coefficient (Wildman–Crippen LogP) is 3.38. The first kappa shape index (κ1) is 23.0. The first-order valence-electron chi connectivity index (χ1n) is 10.5. The van der Waals surface area contributed by atoms with E-state index >= 15 is 0 Å². The van der Waals surface area contributed by atoms with Gasteiger partial charge in [0, 0.05) is 25.7 Å². The summed E-state index contributed by atoms with van der Waals surface area (Å²) in [6.45, 7) is 4.42. The van der Waals surface area contributed by atoms with Crippen molar-refractivity contribution in [1.29, 1.82) is 0 Å². The summed E-state index contributed by atoms with van der Waals surface area (Å²) in [4.78, 5) is 24.5. The molecule has 1 unspecified atom stereocenters. The molecule has 0 spiro atoms. The van der Waals surface area contributed by atoms with Crippen LogP contribution < -0.4 is 10.6 Å². The molecule has 1 aliphatic rings. The van der Waals surface area contributed by atoms with Crippen molar-refractivity contribution in [2.45, 2.75) is 50.5 Å². The van der Waals surface area contributed by atoms with Crippen LogP contribution in [-0.2, 0) is 19.6 Å². The zero-order valence-corrected chi connectivity index (χ0v) is 18.7. The first-order valence-corrected chi connectivity index (χ1v) is 11.9. The Morgan fingerprint density at radius 1 is 1.03 bits per heavy atom. The standard InChI is InChI=1S/C23H29N3O4S/c1-17-9-11-19(12-10-17)22(24-18(2)27)16-23(28)25-20-7-6-8-21(15-20)31(29,30)26-13-4-3-5-14-26/h6-12,15,22H,3-5,13-14,16H2,1-2H3,(H,24,27)(H,25,28). The van der Waals surface area contributed by atoms with Crippen LogP contribution in [0.4, 0.5) is 5.69 Å². The molecule has 8 heteroatoms. The van der Waals surface area contributed by atoms with Crippen molar-refractivity contribution in [1.82, 2.24) is 9.62 Å². The predicted molar refractivity (Wildman–Crippen MR) is 120 cm³/mol. The topological polar surface area (TPSA) is 95.6 Å². The smallest absolute Gasteiger partial charge is 0.243 e. The Balaban J connectivity index is 1.72. The molecule has 1 aliphatic heterocycles. The number of hydrogen-bond acceptors (Lipinski definition) is 4. The number of hydrogen-bond donors (Lipinski definition) is 2. The number of aryl methyl sites for hydroxylation is 1. The van der Waals surface area contributed by atoms with Gasteiger partial charge < -0.3 is 10.6 Å². The van der Waals surface area contributed by atoms with Crippen LogP contribution in [0.3, 0.4) is 0 Å². The van der Waals surface area contributed by atoms with E-state index in [0.717, 1.165) is 30.4 Å². The van der Waals surface area contributed by atoms with Gasteiger partial charge in [0.15, 0.2) is 0 Å². The van der Waals surface area contributed by atoms with Crippen LogP contribution in [-0.4, -0.2) is 37.6 Å². The number of anilines is 1. The van der Waals surface area contributed by atoms with Crippen LogP contribution in [0, 0.1) is 6.92 Å². The highest BCUT2D eigenvalue weighted by molar-refractivity contribution is 7.89. The fourth-order valence-corrected chi connectivity index (χ4v) is 5.25. The second-order valence-corrected chi connectivity index (χ2v) is 9.85. The van der Waals surface area contributed by atoms with E-state index in [1.807, 2.05) is 31.2 Å². The minimum atomic E-state index is -3.58. The van der Waals surface area contributed by atoms with E-state index < -0.39 is 16.1 Å². The van der Waals surface area contributed by atoms with Gasteiger partial charge in [0.1, 0.15) is 0 Å². The number of amides is 2. The van der Waals surface area contributed by atoms with Crippen LogP contribution in [0.5, 0.6) is 0 Å². The number of benzene rings is 2. The van der Waals surface area contributed by atoms with E-state index in [0.29, 0.717) is 18.8 Å². The number of piperidine rings is 1. The van der Waals surface area contributed by atoms with Crippen molar-refractivity contribution in [2.75, 3.05) is 18.4 Å². The average Bonchev–Trinajstić information content (AvgIpc) is 2.74. The number of nitrogens with one attached hydrogen (secondary N) is 2. The van der Waals surface area contributed by atoms with E-state index in [2.05, 4.69) is 10.6 Å². The monoisotopic (exact) mass is 443 g/mol. The lowest BCUT2D eigenvalue weighted by atomic mass is 10.0. The fourth-order valence-electron chi connectivity index (χ4n) is 3.68. The summed E-state index contributed by atoms with van der Waals surface area (Å²) < 4.78 is 27.3. The Labute approximate surface area is 183 Å². The van der Waals surface area contributed by atoms with Crippen molar-refractivity contribution < 1.29 is 18.0 Å². The minimum absolute atomic E-state index is 0.0335. The van der Waals surface area contributed by atoms with Crippen molar-refractivity contribution in [3.05, 3.63) is 59.7 Å². The summed E-state index contributed by atoms with van der Waals surface area (Å²) in [6, 6.07) is 13.5. The van der Waals surface area contributed by atoms with E-state index in [1.54, 1.807) is 18.2 Å². The Hall–Kier alpha value is -2.71. The van der Waals surface area contributed by atoms with Crippen molar-refractivity contribution in [2.24, 2.45) is 0 Å². The summed E-state index contributed by atoms with van der Waals surface area (Å²) in [5.41, 5.74) is 2.33. The maximum absolute atomic E-state index is 12.9. The largest absolute Gasteiger partial charge is 0.349 e. The zero-order chi connectivity index (χ0) is 22.4. The average molecular weight is 444 g/mol. The number of carbonyl (C=O) groups is 2. The van der Waals surface area contributed by atoms with Crippen LogP contribution in [0.2, 0.25) is 0 Å². The van der Waals surface area contributed by atoms with E-state index in [4.69, 9.17) is 0 Å². The van der Waals surface area contributed by atoms with Gasteiger partial charge in [-0.1, -0.05) is 42.3 Å². The van der Waals surface area contributed by atoms with Gasteiger partial charge in [-0.3, -0.25) is 9.59 Å². The molecule has 2 aromatic rings. The van der Waals surface area contributed by atoms with E-state index in [-0.39, 0.29) is 23.1 Å². The van der Waals surface area contributed by atoms with Gasteiger partial charge in [-0.15, -0.1) is 0 Å². The molecule has 1 heterocycles. The number of rotatable bonds is 7. The molecular weight excluding hydrogens is 414 g/mol. The molecule has 166 valence electrons. The molecule has 0 aliphatic carbocycles. The van der Waals surface area contributed by atoms with E-state index in [9.17, 15) is 18.0 Å². The lowest BCUT2D eigenvalue weighted by Crippen LogP contribution is -2.35. The number of sulfonamides is 1. The molecule has 0 saturated carbocycles. The Morgan fingerprint density at radius 2 is 1.71 bits per heavy atom. The van der Waals surface area contributed by atoms with Crippen LogP contribution in [0.15, 0.2) is 53.4 Å². The summed E-state index contributed by atoms with van der Waals surface area (Å²) >= 11 is 0. The maximum Gasteiger partial charge on any atom is 0.243 e. The number of nitrogens with zero attached hydrogens (tertiary/aromatic N) is 1. The van der Waals surface area contributed by atoms with Crippen molar-refractivity contribution >= 4 is 27.5 Å². The molecule has 2 amide bonds. The molecule has 0 aromatic heterocycles. The minimum Gasteiger partial charge on any atom is -0.349 e. The molecule has 1 saturated heterocycles. The molecule has 2 N–H and O–H groups in total. The van der Waals surface area contributed by atoms with Crippen molar-refractivity contribution in [3.8, 4) is 0 Å². The highest BCUT2D eigenvalue weighted by Crippen LogP contribution is 2.24. The van der Waals surface area contributed by atoms with E-state index in [1.165, 1.54) is 17.3 Å². The lowest BCUT2D eigenvalue weighted by molar-refractivity contribution is -0.120. The highest BCUT2D eigenvalue weighted by Gasteiger charge is 2.26. The summed E-state index contributed by atoms with van der Waals surface area (Å²) in [5, 5.41) is 5.58. The molecule has 0 radical (unpaired) electrons. The third-order valence-corrected chi connectivity index (χ3v) is 7.21. The summed E-state index contributed by atoms with van der Waals surface area (Å²) in [6.07, 6.45) is 2.79. The third kappa shape index (κ3) is 6.15. The molecular formula is C23H29N3O4S. The quantitative estimate of drug-likeness (QED) is 0.686. The van der Waals surface area contributed by atoms with Crippen LogP contribution in [0.25, 0.3) is 0 Å². The van der Waals surface area contributed by atoms with Crippen LogP contribution in [0.1, 0.15) is 49.8 Å². The van der Waals surface area contributed by atoms with Gasteiger partial charge in [0.05, 0.1) is 17.4 Å². The molecule has 7 nitrogen and oxygen atoms in total. The second-order valence-electron chi connectivity index (χ2n) is 7.91. The highest BCUT2D eigenvalue weighted by atomic mass is 32.2. The third-order valence-electron chi connectivity index (χ3n) is 5.32. The lowest BCUT2D eigenvalue weighted by Gasteiger charge is -2.26. The molecule has 0 bridgehead atoms. The fraction of sp³-hybridized carbons (Fsp3) is 0.391. The number of carbonyl (C=O) groups excluding carboxylic acids is 2. The Morgan fingerprint density at radius 3 is 2.35 bits per heavy atom. The van der Waals surface area contributed by atoms with Gasteiger partial charge in [-0.05, 0) is 43.5 Å². The van der Waals surface area contributed by atoms with Gasteiger partial charge in [0.25, 0.3) is 0 Å². The SMILES string of the molecule is CC(=O)NC(CC(=O)Nc1cccc(S(=O)(=O)N2CCCCC2)c1)c1ccc(C)cc1. The van der Waals surface area contributed by atoms with Gasteiger partial charge in [0.2, 0.25) is 21.8 Å². The second kappa shape index (κ2) is 10.1.